The minimum absolute atomic E-state index is 0.110. The van der Waals surface area contributed by atoms with Crippen LogP contribution in [0, 0.1) is 0 Å². The molecule has 1 N–H and O–H groups in total. The molecule has 0 aliphatic heterocycles. The minimum Gasteiger partial charge on any atom is -0.393 e. The van der Waals surface area contributed by atoms with Gasteiger partial charge in [-0.3, -0.25) is 0 Å². The molecule has 0 bridgehead atoms. The van der Waals surface area contributed by atoms with Crippen LogP contribution in [0.15, 0.2) is 24.3 Å². The van der Waals surface area contributed by atoms with Gasteiger partial charge in [-0.25, -0.2) is 0 Å². The fraction of sp³-hybridized carbons (Fsp3) is 0.600. The van der Waals surface area contributed by atoms with Gasteiger partial charge in [0.15, 0.2) is 0 Å². The van der Waals surface area contributed by atoms with Gasteiger partial charge in [0.05, 0.1) is 6.10 Å². The van der Waals surface area contributed by atoms with Gasteiger partial charge in [-0.2, -0.15) is 0 Å². The van der Waals surface area contributed by atoms with E-state index >= 15 is 0 Å². The average Bonchev–Trinajstić information content (AvgIpc) is 2.30. The molecule has 1 aliphatic rings. The summed E-state index contributed by atoms with van der Waals surface area (Å²) in [7, 11) is 0. The molecule has 88 valence electrons. The van der Waals surface area contributed by atoms with E-state index in [0.29, 0.717) is 5.92 Å². The SMILES string of the molecule is CCCC(O)CC1CCCc2ccccc21. The number of hydrogen-bond acceptors (Lipinski definition) is 1. The molecule has 1 nitrogen and oxygen atoms in total. The minimum atomic E-state index is -0.110. The number of hydrogen-bond donors (Lipinski definition) is 1. The Labute approximate surface area is 98.5 Å². The van der Waals surface area contributed by atoms with E-state index < -0.39 is 0 Å². The van der Waals surface area contributed by atoms with Crippen LogP contribution < -0.4 is 0 Å². The van der Waals surface area contributed by atoms with E-state index in [1.807, 2.05) is 0 Å². The zero-order valence-corrected chi connectivity index (χ0v) is 10.2. The monoisotopic (exact) mass is 218 g/mol. The van der Waals surface area contributed by atoms with Crippen LogP contribution in [0.1, 0.15) is 56.1 Å². The highest BCUT2D eigenvalue weighted by atomic mass is 16.3. The Kier molecular flexibility index (Phi) is 4.00. The third kappa shape index (κ3) is 2.65. The van der Waals surface area contributed by atoms with Crippen molar-refractivity contribution in [1.82, 2.24) is 0 Å². The maximum absolute atomic E-state index is 9.93. The lowest BCUT2D eigenvalue weighted by atomic mass is 9.79. The fourth-order valence-corrected chi connectivity index (χ4v) is 2.88. The molecule has 0 saturated heterocycles. The Morgan fingerprint density at radius 2 is 2.19 bits per heavy atom. The van der Waals surface area contributed by atoms with Crippen molar-refractivity contribution in [2.75, 3.05) is 0 Å². The van der Waals surface area contributed by atoms with Crippen molar-refractivity contribution >= 4 is 0 Å². The van der Waals surface area contributed by atoms with E-state index in [-0.39, 0.29) is 6.10 Å². The number of aryl methyl sites for hydroxylation is 1. The molecule has 0 radical (unpaired) electrons. The molecule has 0 spiro atoms. The second-order valence-electron chi connectivity index (χ2n) is 4.97. The summed E-state index contributed by atoms with van der Waals surface area (Å²) in [6.45, 7) is 2.14. The van der Waals surface area contributed by atoms with Crippen molar-refractivity contribution < 1.29 is 5.11 Å². The van der Waals surface area contributed by atoms with E-state index in [9.17, 15) is 5.11 Å². The maximum Gasteiger partial charge on any atom is 0.0546 e. The second-order valence-corrected chi connectivity index (χ2v) is 4.97. The molecule has 2 atom stereocenters. The molecule has 2 rings (SSSR count). The summed E-state index contributed by atoms with van der Waals surface area (Å²) in [6.07, 6.45) is 6.61. The molecule has 0 saturated carbocycles. The highest BCUT2D eigenvalue weighted by molar-refractivity contribution is 5.32. The van der Waals surface area contributed by atoms with Gasteiger partial charge in [-0.05, 0) is 49.1 Å². The Hall–Kier alpha value is -0.820. The molecule has 2 unspecified atom stereocenters. The molecule has 1 heteroatoms. The van der Waals surface area contributed by atoms with Gasteiger partial charge in [-0.1, -0.05) is 37.6 Å². The molecule has 1 aromatic rings. The van der Waals surface area contributed by atoms with E-state index in [1.54, 1.807) is 0 Å². The molecule has 0 heterocycles. The molecule has 0 fully saturated rings. The quantitative estimate of drug-likeness (QED) is 0.817. The first-order valence-corrected chi connectivity index (χ1v) is 6.57. The lowest BCUT2D eigenvalue weighted by Crippen LogP contribution is -2.16. The summed E-state index contributed by atoms with van der Waals surface area (Å²) in [6, 6.07) is 8.75. The summed E-state index contributed by atoms with van der Waals surface area (Å²) < 4.78 is 0. The first-order valence-electron chi connectivity index (χ1n) is 6.57. The van der Waals surface area contributed by atoms with Crippen LogP contribution in [-0.2, 0) is 6.42 Å². The van der Waals surface area contributed by atoms with E-state index in [2.05, 4.69) is 31.2 Å². The van der Waals surface area contributed by atoms with Crippen LogP contribution in [0.25, 0.3) is 0 Å². The van der Waals surface area contributed by atoms with E-state index in [0.717, 1.165) is 19.3 Å². The standard InChI is InChI=1S/C15H22O/c1-2-6-14(16)11-13-9-5-8-12-7-3-4-10-15(12)13/h3-4,7,10,13-14,16H,2,5-6,8-9,11H2,1H3. The predicted octanol–water partition coefficient (Wildman–Crippen LogP) is 3.66. The zero-order valence-electron chi connectivity index (χ0n) is 10.2. The van der Waals surface area contributed by atoms with Gasteiger partial charge in [0.2, 0.25) is 0 Å². The van der Waals surface area contributed by atoms with Gasteiger partial charge in [0, 0.05) is 0 Å². The fourth-order valence-electron chi connectivity index (χ4n) is 2.88. The first kappa shape index (κ1) is 11.7. The summed E-state index contributed by atoms with van der Waals surface area (Å²) >= 11 is 0. The lowest BCUT2D eigenvalue weighted by Gasteiger charge is -2.27. The average molecular weight is 218 g/mol. The maximum atomic E-state index is 9.93. The van der Waals surface area contributed by atoms with Gasteiger partial charge < -0.3 is 5.11 Å². The summed E-state index contributed by atoms with van der Waals surface area (Å²) in [5.41, 5.74) is 2.99. The smallest absolute Gasteiger partial charge is 0.0546 e. The number of aliphatic hydroxyl groups excluding tert-OH is 1. The van der Waals surface area contributed by atoms with Gasteiger partial charge in [0.1, 0.15) is 0 Å². The zero-order chi connectivity index (χ0) is 11.4. The van der Waals surface area contributed by atoms with Gasteiger partial charge >= 0.3 is 0 Å². The van der Waals surface area contributed by atoms with Crippen LogP contribution in [0.5, 0.6) is 0 Å². The molecule has 1 aliphatic carbocycles. The highest BCUT2D eigenvalue weighted by Gasteiger charge is 2.21. The molecule has 0 amide bonds. The largest absolute Gasteiger partial charge is 0.393 e. The van der Waals surface area contributed by atoms with Crippen molar-refractivity contribution in [3.63, 3.8) is 0 Å². The molecular weight excluding hydrogens is 196 g/mol. The van der Waals surface area contributed by atoms with Crippen LogP contribution in [-0.4, -0.2) is 11.2 Å². The number of rotatable bonds is 4. The number of aliphatic hydroxyl groups is 1. The Morgan fingerprint density at radius 1 is 1.38 bits per heavy atom. The van der Waals surface area contributed by atoms with Crippen LogP contribution >= 0.6 is 0 Å². The normalized spacial score (nSPS) is 21.5. The molecule has 16 heavy (non-hydrogen) atoms. The van der Waals surface area contributed by atoms with E-state index in [4.69, 9.17) is 0 Å². The second kappa shape index (κ2) is 5.49. The predicted molar refractivity (Wildman–Crippen MR) is 67.7 cm³/mol. The molecule has 1 aromatic carbocycles. The van der Waals surface area contributed by atoms with Crippen molar-refractivity contribution in [3.8, 4) is 0 Å². The van der Waals surface area contributed by atoms with Crippen molar-refractivity contribution in [2.45, 2.75) is 57.5 Å². The first-order chi connectivity index (χ1) is 7.81. The van der Waals surface area contributed by atoms with Crippen LogP contribution in [0.2, 0.25) is 0 Å². The van der Waals surface area contributed by atoms with E-state index in [1.165, 1.54) is 30.4 Å². The summed E-state index contributed by atoms with van der Waals surface area (Å²) in [5, 5.41) is 9.93. The molecule has 0 aromatic heterocycles. The topological polar surface area (TPSA) is 20.2 Å². The van der Waals surface area contributed by atoms with Crippen LogP contribution in [0.3, 0.4) is 0 Å². The van der Waals surface area contributed by atoms with Crippen molar-refractivity contribution in [2.24, 2.45) is 0 Å². The Balaban J connectivity index is 2.07. The molecular formula is C15H22O. The summed E-state index contributed by atoms with van der Waals surface area (Å²) in [5.74, 6) is 0.589. The third-order valence-corrected chi connectivity index (χ3v) is 3.67. The summed E-state index contributed by atoms with van der Waals surface area (Å²) in [4.78, 5) is 0. The van der Waals surface area contributed by atoms with Crippen LogP contribution in [0.4, 0.5) is 0 Å². The lowest BCUT2D eigenvalue weighted by molar-refractivity contribution is 0.141. The number of benzene rings is 1. The third-order valence-electron chi connectivity index (χ3n) is 3.67. The van der Waals surface area contributed by atoms with Gasteiger partial charge in [-0.15, -0.1) is 0 Å². The Morgan fingerprint density at radius 3 is 3.00 bits per heavy atom. The number of fused-ring (bicyclic) bond motifs is 1. The highest BCUT2D eigenvalue weighted by Crippen LogP contribution is 2.35. The van der Waals surface area contributed by atoms with Crippen molar-refractivity contribution in [1.29, 1.82) is 0 Å². The van der Waals surface area contributed by atoms with Crippen molar-refractivity contribution in [3.05, 3.63) is 35.4 Å². The Bertz CT molecular complexity index is 332. The van der Waals surface area contributed by atoms with Gasteiger partial charge in [0.25, 0.3) is 0 Å².